The summed E-state index contributed by atoms with van der Waals surface area (Å²) in [5.74, 6) is -1.21. The molecule has 0 bridgehead atoms. The van der Waals surface area contributed by atoms with E-state index in [1.54, 1.807) is 17.0 Å². The van der Waals surface area contributed by atoms with Gasteiger partial charge in [-0.25, -0.2) is 28.5 Å². The summed E-state index contributed by atoms with van der Waals surface area (Å²) in [6.07, 6.45) is 7.57. The summed E-state index contributed by atoms with van der Waals surface area (Å²) < 4.78 is 27.8. The molecule has 2 amide bonds. The van der Waals surface area contributed by atoms with Gasteiger partial charge in [-0.3, -0.25) is 4.57 Å². The fourth-order valence-electron chi connectivity index (χ4n) is 1.77. The van der Waals surface area contributed by atoms with E-state index in [0.29, 0.717) is 17.7 Å². The van der Waals surface area contributed by atoms with Crippen LogP contribution < -0.4 is 10.6 Å². The average Bonchev–Trinajstić information content (AvgIpc) is 3.05. The van der Waals surface area contributed by atoms with Gasteiger partial charge in [0, 0.05) is 18.5 Å². The number of hydrogen-bond acceptors (Lipinski definition) is 4. The molecule has 0 aliphatic carbocycles. The van der Waals surface area contributed by atoms with Crippen molar-refractivity contribution in [2.45, 2.75) is 0 Å². The Morgan fingerprint density at radius 2 is 1.91 bits per heavy atom. The Hall–Kier alpha value is -3.36. The molecular weight excluding hydrogens is 306 g/mol. The van der Waals surface area contributed by atoms with Crippen LogP contribution in [0.1, 0.15) is 0 Å². The first-order valence-electron chi connectivity index (χ1n) is 6.45. The summed E-state index contributed by atoms with van der Waals surface area (Å²) >= 11 is 0. The topological polar surface area (TPSA) is 84.7 Å². The second-order valence-corrected chi connectivity index (χ2v) is 4.44. The minimum Gasteiger partial charge on any atom is -0.305 e. The molecule has 0 saturated carbocycles. The van der Waals surface area contributed by atoms with Gasteiger partial charge in [0.2, 0.25) is 5.95 Å². The zero-order valence-electron chi connectivity index (χ0n) is 11.6. The molecule has 0 fully saturated rings. The number of urea groups is 1. The monoisotopic (exact) mass is 316 g/mol. The molecule has 0 saturated heterocycles. The molecular formula is C14H10F2N6O. The molecule has 0 aliphatic heterocycles. The molecule has 23 heavy (non-hydrogen) atoms. The van der Waals surface area contributed by atoms with Crippen molar-refractivity contribution in [2.75, 3.05) is 10.6 Å². The molecule has 3 rings (SSSR count). The van der Waals surface area contributed by atoms with Crippen molar-refractivity contribution in [3.8, 4) is 5.95 Å². The molecule has 0 unspecified atom stereocenters. The van der Waals surface area contributed by atoms with E-state index in [-0.39, 0.29) is 5.69 Å². The maximum Gasteiger partial charge on any atom is 0.323 e. The lowest BCUT2D eigenvalue weighted by Crippen LogP contribution is -2.20. The Morgan fingerprint density at radius 3 is 2.57 bits per heavy atom. The van der Waals surface area contributed by atoms with Crippen LogP contribution in [0.4, 0.5) is 25.0 Å². The van der Waals surface area contributed by atoms with Gasteiger partial charge in [0.25, 0.3) is 0 Å². The number of hydrogen-bond donors (Lipinski definition) is 2. The van der Waals surface area contributed by atoms with Crippen LogP contribution in [0.3, 0.4) is 0 Å². The van der Waals surface area contributed by atoms with Crippen LogP contribution in [0.2, 0.25) is 0 Å². The summed E-state index contributed by atoms with van der Waals surface area (Å²) in [4.78, 5) is 23.8. The number of benzene rings is 1. The van der Waals surface area contributed by atoms with E-state index in [9.17, 15) is 13.6 Å². The number of rotatable bonds is 3. The van der Waals surface area contributed by atoms with Crippen LogP contribution in [-0.4, -0.2) is 25.6 Å². The smallest absolute Gasteiger partial charge is 0.305 e. The lowest BCUT2D eigenvalue weighted by atomic mass is 10.3. The van der Waals surface area contributed by atoms with Gasteiger partial charge in [-0.1, -0.05) is 0 Å². The normalized spacial score (nSPS) is 10.3. The Kier molecular flexibility index (Phi) is 3.91. The minimum absolute atomic E-state index is 0.139. The molecule has 116 valence electrons. The molecule has 7 nitrogen and oxygen atoms in total. The minimum atomic E-state index is -0.869. The summed E-state index contributed by atoms with van der Waals surface area (Å²) in [7, 11) is 0. The van der Waals surface area contributed by atoms with Gasteiger partial charge in [-0.15, -0.1) is 0 Å². The lowest BCUT2D eigenvalue weighted by Gasteiger charge is -2.08. The van der Waals surface area contributed by atoms with Gasteiger partial charge in [0.15, 0.2) is 0 Å². The number of nitrogens with zero attached hydrogens (tertiary/aromatic N) is 4. The van der Waals surface area contributed by atoms with Crippen LogP contribution in [0, 0.1) is 11.6 Å². The highest BCUT2D eigenvalue weighted by Crippen LogP contribution is 2.15. The highest BCUT2D eigenvalue weighted by Gasteiger charge is 2.09. The summed E-state index contributed by atoms with van der Waals surface area (Å²) in [6.45, 7) is 0. The van der Waals surface area contributed by atoms with Crippen LogP contribution in [0.5, 0.6) is 0 Å². The Morgan fingerprint density at radius 1 is 1.13 bits per heavy atom. The largest absolute Gasteiger partial charge is 0.323 e. The number of imidazole rings is 1. The Bertz CT molecular complexity index is 820. The van der Waals surface area contributed by atoms with Crippen molar-refractivity contribution in [3.63, 3.8) is 0 Å². The highest BCUT2D eigenvalue weighted by molar-refractivity contribution is 5.99. The fraction of sp³-hybridized carbons (Fsp3) is 0. The van der Waals surface area contributed by atoms with E-state index in [1.165, 1.54) is 18.7 Å². The molecule has 2 aromatic heterocycles. The molecule has 1 aromatic carbocycles. The average molecular weight is 316 g/mol. The summed E-state index contributed by atoms with van der Waals surface area (Å²) in [5.41, 5.74) is 0.175. The SMILES string of the molecule is O=C(Nc1cnc(-n2ccnc2)nc1)Nc1ccc(F)cc1F. The van der Waals surface area contributed by atoms with Gasteiger partial charge in [-0.05, 0) is 12.1 Å². The zero-order chi connectivity index (χ0) is 16.2. The predicted octanol–water partition coefficient (Wildman–Crippen LogP) is 2.58. The van der Waals surface area contributed by atoms with Crippen molar-refractivity contribution in [1.82, 2.24) is 19.5 Å². The van der Waals surface area contributed by atoms with E-state index in [1.807, 2.05) is 0 Å². The second kappa shape index (κ2) is 6.18. The third kappa shape index (κ3) is 3.46. The predicted molar refractivity (Wildman–Crippen MR) is 78.2 cm³/mol. The number of carbonyl (C=O) groups is 1. The lowest BCUT2D eigenvalue weighted by molar-refractivity contribution is 0.262. The summed E-state index contributed by atoms with van der Waals surface area (Å²) in [5, 5.41) is 4.71. The van der Waals surface area contributed by atoms with Crippen molar-refractivity contribution in [2.24, 2.45) is 0 Å². The third-order valence-corrected chi connectivity index (χ3v) is 2.81. The number of aromatic nitrogens is 4. The van der Waals surface area contributed by atoms with Crippen LogP contribution in [0.15, 0.2) is 49.3 Å². The van der Waals surface area contributed by atoms with E-state index >= 15 is 0 Å². The second-order valence-electron chi connectivity index (χ2n) is 4.44. The van der Waals surface area contributed by atoms with Crippen molar-refractivity contribution in [1.29, 1.82) is 0 Å². The summed E-state index contributed by atoms with van der Waals surface area (Å²) in [6, 6.07) is 2.15. The molecule has 0 aliphatic rings. The molecule has 0 radical (unpaired) electrons. The first kappa shape index (κ1) is 14.6. The number of anilines is 2. The molecule has 2 N–H and O–H groups in total. The van der Waals surface area contributed by atoms with Gasteiger partial charge < -0.3 is 10.6 Å². The third-order valence-electron chi connectivity index (χ3n) is 2.81. The van der Waals surface area contributed by atoms with Crippen molar-refractivity contribution < 1.29 is 13.6 Å². The highest BCUT2D eigenvalue weighted by atomic mass is 19.1. The molecule has 3 aromatic rings. The maximum atomic E-state index is 13.4. The maximum absolute atomic E-state index is 13.4. The number of carbonyl (C=O) groups excluding carboxylic acids is 1. The standard InChI is InChI=1S/C14H10F2N6O/c15-9-1-2-12(11(16)5-9)21-14(23)20-10-6-18-13(19-7-10)22-4-3-17-8-22/h1-8H,(H2,20,21,23). The van der Waals surface area contributed by atoms with Gasteiger partial charge >= 0.3 is 6.03 Å². The van der Waals surface area contributed by atoms with Gasteiger partial charge in [0.1, 0.15) is 18.0 Å². The van der Waals surface area contributed by atoms with E-state index in [4.69, 9.17) is 0 Å². The van der Waals surface area contributed by atoms with Crippen LogP contribution in [0.25, 0.3) is 5.95 Å². The van der Waals surface area contributed by atoms with Crippen LogP contribution in [-0.2, 0) is 0 Å². The van der Waals surface area contributed by atoms with Crippen LogP contribution >= 0.6 is 0 Å². The fourth-order valence-corrected chi connectivity index (χ4v) is 1.77. The molecule has 0 spiro atoms. The van der Waals surface area contributed by atoms with Crippen molar-refractivity contribution in [3.05, 3.63) is 60.9 Å². The van der Waals surface area contributed by atoms with Gasteiger partial charge in [-0.2, -0.15) is 0 Å². The molecule has 9 heteroatoms. The van der Waals surface area contributed by atoms with Gasteiger partial charge in [0.05, 0.1) is 23.8 Å². The van der Waals surface area contributed by atoms with E-state index in [2.05, 4.69) is 25.6 Å². The first-order chi connectivity index (χ1) is 11.1. The zero-order valence-corrected chi connectivity index (χ0v) is 11.6. The Balaban J connectivity index is 1.66. The molecule has 0 atom stereocenters. The van der Waals surface area contributed by atoms with E-state index in [0.717, 1.165) is 12.1 Å². The van der Waals surface area contributed by atoms with Crippen molar-refractivity contribution >= 4 is 17.4 Å². The Labute approximate surface area is 129 Å². The quantitative estimate of drug-likeness (QED) is 0.778. The first-order valence-corrected chi connectivity index (χ1v) is 6.45. The number of amides is 2. The number of nitrogens with one attached hydrogen (secondary N) is 2. The number of halogens is 2. The molecule has 2 heterocycles. The van der Waals surface area contributed by atoms with E-state index < -0.39 is 17.7 Å².